The van der Waals surface area contributed by atoms with Gasteiger partial charge in [0, 0.05) is 42.6 Å². The summed E-state index contributed by atoms with van der Waals surface area (Å²) in [5, 5.41) is 7.79. The second-order valence-electron chi connectivity index (χ2n) is 15.3. The number of hydrogen-bond donors (Lipinski definition) is 0. The number of benzene rings is 9. The summed E-state index contributed by atoms with van der Waals surface area (Å²) in [6.45, 7) is 4.72. The van der Waals surface area contributed by atoms with Crippen LogP contribution in [0.15, 0.2) is 188 Å². The molecule has 0 unspecified atom stereocenters. The van der Waals surface area contributed by atoms with Crippen molar-refractivity contribution < 1.29 is 0 Å². The lowest BCUT2D eigenvalue weighted by Gasteiger charge is -2.28. The van der Waals surface area contributed by atoms with E-state index in [0.717, 1.165) is 17.1 Å². The summed E-state index contributed by atoms with van der Waals surface area (Å²) in [6.07, 6.45) is 0. The van der Waals surface area contributed by atoms with Gasteiger partial charge in [0.05, 0.1) is 0 Å². The van der Waals surface area contributed by atoms with Crippen LogP contribution in [0, 0.1) is 0 Å². The summed E-state index contributed by atoms with van der Waals surface area (Å²) in [5.74, 6) is 0. The van der Waals surface area contributed by atoms with Gasteiger partial charge >= 0.3 is 0 Å². The van der Waals surface area contributed by atoms with E-state index in [4.69, 9.17) is 0 Å². The number of fused-ring (bicyclic) bond motifs is 9. The maximum absolute atomic E-state index is 2.43. The average Bonchev–Trinajstić information content (AvgIpc) is 3.73. The molecule has 0 N–H and O–H groups in total. The SMILES string of the molecule is CC1(C)c2ccccc2-c2ccc(N(c3ccc(-c4cccc5c4sc4ccc6ccccc6c45)cc3)c3cccc(-c4ccc5ccccc5c4)c3)cc21. The van der Waals surface area contributed by atoms with Gasteiger partial charge in [0.1, 0.15) is 0 Å². The van der Waals surface area contributed by atoms with Crippen LogP contribution in [0.25, 0.3) is 75.1 Å². The van der Waals surface area contributed by atoms with Crippen molar-refractivity contribution in [3.63, 3.8) is 0 Å². The predicted octanol–water partition coefficient (Wildman–Crippen LogP) is 15.5. The van der Waals surface area contributed by atoms with Crippen molar-refractivity contribution in [2.75, 3.05) is 4.90 Å². The highest BCUT2D eigenvalue weighted by molar-refractivity contribution is 7.26. The highest BCUT2D eigenvalue weighted by Gasteiger charge is 2.35. The van der Waals surface area contributed by atoms with Gasteiger partial charge in [0.25, 0.3) is 0 Å². The molecular formula is C53H37NS. The number of nitrogens with zero attached hydrogens (tertiary/aromatic N) is 1. The summed E-state index contributed by atoms with van der Waals surface area (Å²) in [6, 6.07) is 69.6. The van der Waals surface area contributed by atoms with Crippen LogP contribution in [-0.4, -0.2) is 0 Å². The van der Waals surface area contributed by atoms with Crippen LogP contribution in [0.3, 0.4) is 0 Å². The molecule has 1 heterocycles. The summed E-state index contributed by atoms with van der Waals surface area (Å²) in [4.78, 5) is 2.43. The second kappa shape index (κ2) is 12.3. The topological polar surface area (TPSA) is 3.24 Å². The maximum Gasteiger partial charge on any atom is 0.0467 e. The van der Waals surface area contributed by atoms with Gasteiger partial charge in [-0.3, -0.25) is 0 Å². The Balaban J connectivity index is 1.05. The van der Waals surface area contributed by atoms with E-state index in [1.54, 1.807) is 0 Å². The molecule has 2 heteroatoms. The molecule has 0 saturated heterocycles. The van der Waals surface area contributed by atoms with Crippen LogP contribution >= 0.6 is 11.3 Å². The molecule has 0 spiro atoms. The van der Waals surface area contributed by atoms with E-state index in [9.17, 15) is 0 Å². The molecule has 1 aliphatic rings. The highest BCUT2D eigenvalue weighted by atomic mass is 32.1. The highest BCUT2D eigenvalue weighted by Crippen LogP contribution is 2.51. The lowest BCUT2D eigenvalue weighted by molar-refractivity contribution is 0.660. The van der Waals surface area contributed by atoms with E-state index >= 15 is 0 Å². The van der Waals surface area contributed by atoms with Crippen molar-refractivity contribution in [3.8, 4) is 33.4 Å². The number of thiophene rings is 1. The lowest BCUT2D eigenvalue weighted by Crippen LogP contribution is -2.16. The fourth-order valence-corrected chi connectivity index (χ4v) is 10.3. The molecule has 0 saturated carbocycles. The molecule has 0 atom stereocenters. The molecule has 9 aromatic carbocycles. The Hall–Kier alpha value is -6.48. The third-order valence-electron chi connectivity index (χ3n) is 11.8. The zero-order valence-corrected chi connectivity index (χ0v) is 31.6. The largest absolute Gasteiger partial charge is 0.310 e. The minimum absolute atomic E-state index is 0.0985. The molecule has 11 rings (SSSR count). The van der Waals surface area contributed by atoms with E-state index < -0.39 is 0 Å². The van der Waals surface area contributed by atoms with E-state index in [1.807, 2.05) is 11.3 Å². The molecule has 0 bridgehead atoms. The molecule has 0 aliphatic heterocycles. The number of rotatable bonds is 5. The Labute approximate surface area is 325 Å². The minimum atomic E-state index is -0.0985. The van der Waals surface area contributed by atoms with Crippen molar-refractivity contribution in [1.82, 2.24) is 0 Å². The van der Waals surface area contributed by atoms with Gasteiger partial charge in [-0.1, -0.05) is 153 Å². The first kappa shape index (κ1) is 32.0. The average molecular weight is 720 g/mol. The second-order valence-corrected chi connectivity index (χ2v) is 16.4. The minimum Gasteiger partial charge on any atom is -0.310 e. The van der Waals surface area contributed by atoms with Crippen LogP contribution in [0.5, 0.6) is 0 Å². The molecule has 0 amide bonds. The van der Waals surface area contributed by atoms with Crippen molar-refractivity contribution in [3.05, 3.63) is 199 Å². The van der Waals surface area contributed by atoms with E-state index in [1.165, 1.54) is 86.2 Å². The fraction of sp³-hybridized carbons (Fsp3) is 0.0566. The normalized spacial score (nSPS) is 13.1. The predicted molar refractivity (Wildman–Crippen MR) is 237 cm³/mol. The van der Waals surface area contributed by atoms with Gasteiger partial charge in [-0.2, -0.15) is 0 Å². The first-order chi connectivity index (χ1) is 27.0. The van der Waals surface area contributed by atoms with Crippen molar-refractivity contribution in [2.24, 2.45) is 0 Å². The molecule has 1 aliphatic carbocycles. The van der Waals surface area contributed by atoms with E-state index in [2.05, 4.69) is 207 Å². The first-order valence-electron chi connectivity index (χ1n) is 19.1. The van der Waals surface area contributed by atoms with Crippen molar-refractivity contribution >= 4 is 70.1 Å². The summed E-state index contributed by atoms with van der Waals surface area (Å²) in [5.41, 5.74) is 13.6. The van der Waals surface area contributed by atoms with E-state index in [-0.39, 0.29) is 5.41 Å². The molecule has 55 heavy (non-hydrogen) atoms. The number of anilines is 3. The third-order valence-corrected chi connectivity index (χ3v) is 13.0. The monoisotopic (exact) mass is 719 g/mol. The van der Waals surface area contributed by atoms with Crippen LogP contribution in [0.1, 0.15) is 25.0 Å². The number of hydrogen-bond acceptors (Lipinski definition) is 2. The molecule has 0 radical (unpaired) electrons. The van der Waals surface area contributed by atoms with Crippen molar-refractivity contribution in [1.29, 1.82) is 0 Å². The van der Waals surface area contributed by atoms with Gasteiger partial charge in [-0.15, -0.1) is 11.3 Å². The smallest absolute Gasteiger partial charge is 0.0467 e. The maximum atomic E-state index is 2.43. The molecule has 1 nitrogen and oxygen atoms in total. The molecule has 10 aromatic rings. The summed E-state index contributed by atoms with van der Waals surface area (Å²) < 4.78 is 2.67. The Bertz CT molecular complexity index is 3130. The summed E-state index contributed by atoms with van der Waals surface area (Å²) in [7, 11) is 0. The summed E-state index contributed by atoms with van der Waals surface area (Å²) >= 11 is 1.90. The van der Waals surface area contributed by atoms with Crippen LogP contribution in [0.4, 0.5) is 17.1 Å². The molecule has 260 valence electrons. The fourth-order valence-electron chi connectivity index (χ4n) is 9.06. The van der Waals surface area contributed by atoms with Gasteiger partial charge in [-0.25, -0.2) is 0 Å². The first-order valence-corrected chi connectivity index (χ1v) is 19.9. The Morgan fingerprint density at radius 3 is 1.93 bits per heavy atom. The van der Waals surface area contributed by atoms with Gasteiger partial charge in [0.15, 0.2) is 0 Å². The Kier molecular flexibility index (Phi) is 7.14. The van der Waals surface area contributed by atoms with Crippen LogP contribution < -0.4 is 4.90 Å². The van der Waals surface area contributed by atoms with Gasteiger partial charge < -0.3 is 4.90 Å². The van der Waals surface area contributed by atoms with E-state index in [0.29, 0.717) is 0 Å². The van der Waals surface area contributed by atoms with Crippen LogP contribution in [-0.2, 0) is 5.41 Å². The Morgan fingerprint density at radius 1 is 0.400 bits per heavy atom. The third kappa shape index (κ3) is 5.06. The van der Waals surface area contributed by atoms with Crippen molar-refractivity contribution in [2.45, 2.75) is 19.3 Å². The molecule has 1 aromatic heterocycles. The zero-order valence-electron chi connectivity index (χ0n) is 30.8. The zero-order chi connectivity index (χ0) is 36.7. The Morgan fingerprint density at radius 2 is 1.04 bits per heavy atom. The molecular weight excluding hydrogens is 683 g/mol. The lowest BCUT2D eigenvalue weighted by atomic mass is 9.82. The molecule has 0 fully saturated rings. The van der Waals surface area contributed by atoms with Gasteiger partial charge in [0.2, 0.25) is 0 Å². The standard InChI is InChI=1S/C53H37NS/c1-53(2)48-20-8-7-17-45(48)46-29-28-42(33-49(46)53)54(41-15-9-14-38(32-41)39-22-21-34-11-3-4-13-37(34)31-39)40-26-23-36(24-27-40)44-18-10-19-47-51-43-16-6-5-12-35(43)25-30-50(51)55-52(44)47/h3-33H,1-2H3. The van der Waals surface area contributed by atoms with Crippen LogP contribution in [0.2, 0.25) is 0 Å². The quantitative estimate of drug-likeness (QED) is 0.171. The van der Waals surface area contributed by atoms with Gasteiger partial charge in [-0.05, 0) is 115 Å².